The molecule has 2 rings (SSSR count). The third kappa shape index (κ3) is 3.30. The van der Waals surface area contributed by atoms with Crippen LogP contribution in [0.2, 0.25) is 0 Å². The van der Waals surface area contributed by atoms with Gasteiger partial charge in [0.2, 0.25) is 5.78 Å². The number of aldehydes is 1. The first-order valence-electron chi connectivity index (χ1n) is 7.90. The van der Waals surface area contributed by atoms with Gasteiger partial charge in [-0.1, -0.05) is 67.6 Å². The quantitative estimate of drug-likeness (QED) is 0.581. The monoisotopic (exact) mass is 324 g/mol. The standard InChI is InChI=1S/C20H22NO3/c1-15(18(14-22)21(2)3)20(24,17-12-8-5-9-13-17)19(23)16-10-6-4-7-11-16/h4-15,18H,1-3H3. The summed E-state index contributed by atoms with van der Waals surface area (Å²) in [6, 6.07) is 16.4. The number of carbonyl (C=O) groups excluding carboxylic acids is 2. The molecule has 0 saturated heterocycles. The number of hydrogen-bond acceptors (Lipinski definition) is 3. The van der Waals surface area contributed by atoms with Crippen molar-refractivity contribution in [2.75, 3.05) is 14.1 Å². The molecule has 0 aromatic heterocycles. The Bertz CT molecular complexity index is 685. The molecule has 1 radical (unpaired) electrons. The summed E-state index contributed by atoms with van der Waals surface area (Å²) in [5.41, 5.74) is -1.31. The van der Waals surface area contributed by atoms with Crippen molar-refractivity contribution in [3.05, 3.63) is 71.8 Å². The van der Waals surface area contributed by atoms with E-state index in [0.29, 0.717) is 11.1 Å². The summed E-state index contributed by atoms with van der Waals surface area (Å²) < 4.78 is 0. The molecule has 3 unspecified atom stereocenters. The number of nitrogens with zero attached hydrogens (tertiary/aromatic N) is 1. The number of Topliss-reactive ketones (excluding diaryl/α,β-unsaturated/α-hetero) is 1. The number of likely N-dealkylation sites (N-methyl/N-ethyl adjacent to an activating group) is 1. The molecule has 0 amide bonds. The molecular formula is C20H22NO3. The molecule has 0 aliphatic rings. The van der Waals surface area contributed by atoms with E-state index in [1.807, 2.05) is 0 Å². The molecule has 0 aliphatic heterocycles. The summed E-state index contributed by atoms with van der Waals surface area (Å²) in [7, 11) is 3.46. The van der Waals surface area contributed by atoms with E-state index in [1.165, 1.54) is 0 Å². The largest absolute Gasteiger partial charge is 0.302 e. The Kier molecular flexibility index (Phi) is 5.65. The Balaban J connectivity index is 2.58. The van der Waals surface area contributed by atoms with Crippen LogP contribution in [0.3, 0.4) is 0 Å². The number of ketones is 1. The van der Waals surface area contributed by atoms with Crippen molar-refractivity contribution in [1.82, 2.24) is 4.90 Å². The van der Waals surface area contributed by atoms with Crippen LogP contribution in [0.25, 0.3) is 0 Å². The summed E-state index contributed by atoms with van der Waals surface area (Å²) in [5, 5.41) is 13.9. The molecule has 0 N–H and O–H groups in total. The molecule has 0 bridgehead atoms. The first kappa shape index (κ1) is 18.0. The Hall–Kier alpha value is -2.30. The maximum atomic E-state index is 13.9. The number of hydrogen-bond donors (Lipinski definition) is 0. The van der Waals surface area contributed by atoms with Crippen molar-refractivity contribution in [3.63, 3.8) is 0 Å². The van der Waals surface area contributed by atoms with Gasteiger partial charge in [0.05, 0.1) is 6.04 Å². The van der Waals surface area contributed by atoms with Crippen LogP contribution in [0.4, 0.5) is 0 Å². The molecule has 4 heteroatoms. The van der Waals surface area contributed by atoms with Gasteiger partial charge < -0.3 is 4.79 Å². The van der Waals surface area contributed by atoms with E-state index in [9.17, 15) is 14.7 Å². The van der Waals surface area contributed by atoms with E-state index in [2.05, 4.69) is 0 Å². The second-order valence-corrected chi connectivity index (χ2v) is 6.18. The van der Waals surface area contributed by atoms with E-state index in [0.717, 1.165) is 6.29 Å². The Morgan fingerprint density at radius 2 is 1.50 bits per heavy atom. The predicted octanol–water partition coefficient (Wildman–Crippen LogP) is 2.96. The molecule has 3 atom stereocenters. The molecule has 125 valence electrons. The second-order valence-electron chi connectivity index (χ2n) is 6.18. The van der Waals surface area contributed by atoms with Crippen LogP contribution in [-0.2, 0) is 15.5 Å². The van der Waals surface area contributed by atoms with E-state index in [1.54, 1.807) is 86.6 Å². The Morgan fingerprint density at radius 3 is 1.96 bits per heavy atom. The fourth-order valence-corrected chi connectivity index (χ4v) is 3.02. The van der Waals surface area contributed by atoms with Gasteiger partial charge in [-0.15, -0.1) is 0 Å². The summed E-state index contributed by atoms with van der Waals surface area (Å²) in [5.74, 6) is -1.25. The zero-order valence-electron chi connectivity index (χ0n) is 14.2. The van der Waals surface area contributed by atoms with Gasteiger partial charge in [0, 0.05) is 11.5 Å². The van der Waals surface area contributed by atoms with Gasteiger partial charge in [-0.2, -0.15) is 0 Å². The fourth-order valence-electron chi connectivity index (χ4n) is 3.02. The Morgan fingerprint density at radius 1 is 1.00 bits per heavy atom. The normalized spacial score (nSPS) is 16.2. The molecule has 0 fully saturated rings. The molecule has 2 aromatic carbocycles. The van der Waals surface area contributed by atoms with Crippen LogP contribution < -0.4 is 0 Å². The molecule has 0 heterocycles. The van der Waals surface area contributed by atoms with E-state index in [-0.39, 0.29) is 0 Å². The maximum Gasteiger partial charge on any atom is 0.202 e. The van der Waals surface area contributed by atoms with Gasteiger partial charge in [0.25, 0.3) is 0 Å². The Labute approximate surface area is 142 Å². The van der Waals surface area contributed by atoms with Crippen molar-refractivity contribution in [2.24, 2.45) is 5.92 Å². The highest BCUT2D eigenvalue weighted by atomic mass is 16.3. The topological polar surface area (TPSA) is 57.3 Å². The fraction of sp³-hybridized carbons (Fsp3) is 0.300. The van der Waals surface area contributed by atoms with Gasteiger partial charge in [-0.3, -0.25) is 9.69 Å². The highest BCUT2D eigenvalue weighted by molar-refractivity contribution is 6.03. The average molecular weight is 324 g/mol. The highest BCUT2D eigenvalue weighted by Crippen LogP contribution is 2.36. The third-order valence-electron chi connectivity index (χ3n) is 4.47. The molecule has 2 aromatic rings. The third-order valence-corrected chi connectivity index (χ3v) is 4.47. The minimum atomic E-state index is -2.04. The highest BCUT2D eigenvalue weighted by Gasteiger charge is 2.49. The lowest BCUT2D eigenvalue weighted by molar-refractivity contribution is -0.120. The van der Waals surface area contributed by atoms with Gasteiger partial charge >= 0.3 is 0 Å². The van der Waals surface area contributed by atoms with Crippen molar-refractivity contribution < 1.29 is 14.7 Å². The minimum Gasteiger partial charge on any atom is -0.302 e. The predicted molar refractivity (Wildman–Crippen MR) is 92.3 cm³/mol. The van der Waals surface area contributed by atoms with Crippen LogP contribution in [0.15, 0.2) is 60.7 Å². The van der Waals surface area contributed by atoms with Crippen molar-refractivity contribution in [1.29, 1.82) is 0 Å². The lowest BCUT2D eigenvalue weighted by Crippen LogP contribution is -2.50. The summed E-state index contributed by atoms with van der Waals surface area (Å²) in [6.45, 7) is 1.67. The molecule has 24 heavy (non-hydrogen) atoms. The zero-order chi connectivity index (χ0) is 17.7. The maximum absolute atomic E-state index is 13.9. The summed E-state index contributed by atoms with van der Waals surface area (Å²) in [4.78, 5) is 26.3. The van der Waals surface area contributed by atoms with Gasteiger partial charge in [0.15, 0.2) is 5.60 Å². The zero-order valence-corrected chi connectivity index (χ0v) is 14.2. The molecular weight excluding hydrogens is 302 g/mol. The molecule has 0 spiro atoms. The lowest BCUT2D eigenvalue weighted by Gasteiger charge is -2.36. The smallest absolute Gasteiger partial charge is 0.202 e. The number of carbonyl (C=O) groups is 2. The molecule has 0 saturated carbocycles. The van der Waals surface area contributed by atoms with Gasteiger partial charge in [-0.05, 0) is 19.7 Å². The molecule has 4 nitrogen and oxygen atoms in total. The van der Waals surface area contributed by atoms with Gasteiger partial charge in [-0.25, -0.2) is 5.11 Å². The minimum absolute atomic E-state index is 0.353. The first-order valence-corrected chi connectivity index (χ1v) is 7.90. The van der Waals surface area contributed by atoms with E-state index >= 15 is 0 Å². The SMILES string of the molecule is CC(C(C=O)N(C)C)C([O])(C(=O)c1ccccc1)c1ccccc1. The lowest BCUT2D eigenvalue weighted by atomic mass is 9.73. The second kappa shape index (κ2) is 7.51. The van der Waals surface area contributed by atoms with Crippen LogP contribution >= 0.6 is 0 Å². The van der Waals surface area contributed by atoms with Crippen molar-refractivity contribution in [2.45, 2.75) is 18.6 Å². The van der Waals surface area contributed by atoms with E-state index in [4.69, 9.17) is 0 Å². The van der Waals surface area contributed by atoms with Crippen LogP contribution in [0.5, 0.6) is 0 Å². The van der Waals surface area contributed by atoms with Crippen LogP contribution in [0.1, 0.15) is 22.8 Å². The summed E-state index contributed by atoms with van der Waals surface area (Å²) >= 11 is 0. The average Bonchev–Trinajstić information content (AvgIpc) is 2.62. The van der Waals surface area contributed by atoms with Crippen LogP contribution in [-0.4, -0.2) is 37.1 Å². The van der Waals surface area contributed by atoms with Crippen molar-refractivity contribution in [3.8, 4) is 0 Å². The summed E-state index contributed by atoms with van der Waals surface area (Å²) in [6.07, 6.45) is 0.735. The number of benzene rings is 2. The first-order chi connectivity index (χ1) is 11.4. The van der Waals surface area contributed by atoms with E-state index < -0.39 is 23.3 Å². The van der Waals surface area contributed by atoms with Gasteiger partial charge in [0.1, 0.15) is 6.29 Å². The number of rotatable bonds is 7. The van der Waals surface area contributed by atoms with Crippen molar-refractivity contribution >= 4 is 12.1 Å². The van der Waals surface area contributed by atoms with Crippen LogP contribution in [0, 0.1) is 5.92 Å². The molecule has 0 aliphatic carbocycles.